The summed E-state index contributed by atoms with van der Waals surface area (Å²) in [5.74, 6) is -3.05. The third-order valence-corrected chi connectivity index (χ3v) is 3.12. The van der Waals surface area contributed by atoms with Gasteiger partial charge in [-0.15, -0.1) is 0 Å². The first-order chi connectivity index (χ1) is 13.0. The molecule has 1 N–H and O–H groups in total. The largest absolute Gasteiger partial charge is 0.478 e. The summed E-state index contributed by atoms with van der Waals surface area (Å²) in [5.41, 5.74) is -0.598. The first kappa shape index (κ1) is 22.5. The number of esters is 2. The minimum absolute atomic E-state index is 0.155. The number of carbonyl (C=O) groups excluding carboxylic acids is 2. The van der Waals surface area contributed by atoms with Crippen LogP contribution in [0.1, 0.15) is 31.1 Å². The van der Waals surface area contributed by atoms with Gasteiger partial charge in [0.05, 0.1) is 43.1 Å². The zero-order valence-electron chi connectivity index (χ0n) is 15.1. The molecule has 0 unspecified atom stereocenters. The van der Waals surface area contributed by atoms with Gasteiger partial charge in [-0.05, 0) is 18.2 Å². The summed E-state index contributed by atoms with van der Waals surface area (Å²) in [5, 5.41) is 9.08. The average Bonchev–Trinajstić information content (AvgIpc) is 2.66. The van der Waals surface area contributed by atoms with E-state index in [0.29, 0.717) is 13.2 Å². The number of hydrogen-bond donors (Lipinski definition) is 1. The molecular weight excluding hydrogens is 364 g/mol. The summed E-state index contributed by atoms with van der Waals surface area (Å²) < 4.78 is 29.4. The van der Waals surface area contributed by atoms with Crippen LogP contribution in [0.2, 0.25) is 0 Å². The maximum Gasteiger partial charge on any atom is 0.341 e. The third-order valence-electron chi connectivity index (χ3n) is 3.12. The fourth-order valence-electron chi connectivity index (χ4n) is 1.77. The lowest BCUT2D eigenvalue weighted by molar-refractivity contribution is -0.0461. The van der Waals surface area contributed by atoms with Crippen LogP contribution in [0.25, 0.3) is 0 Å². The summed E-state index contributed by atoms with van der Waals surface area (Å²) >= 11 is 0. The van der Waals surface area contributed by atoms with Crippen LogP contribution < -0.4 is 0 Å². The van der Waals surface area contributed by atoms with E-state index in [1.165, 1.54) is 26.4 Å². The highest BCUT2D eigenvalue weighted by Crippen LogP contribution is 2.15. The van der Waals surface area contributed by atoms with Gasteiger partial charge in [0.1, 0.15) is 0 Å². The van der Waals surface area contributed by atoms with E-state index < -0.39 is 17.9 Å². The van der Waals surface area contributed by atoms with Gasteiger partial charge < -0.3 is 33.5 Å². The molecule has 0 aromatic heterocycles. The minimum Gasteiger partial charge on any atom is -0.478 e. The molecule has 1 rings (SSSR count). The van der Waals surface area contributed by atoms with Crippen molar-refractivity contribution in [1.29, 1.82) is 0 Å². The van der Waals surface area contributed by atoms with Crippen molar-refractivity contribution in [2.24, 2.45) is 0 Å². The van der Waals surface area contributed by atoms with Gasteiger partial charge >= 0.3 is 17.9 Å². The van der Waals surface area contributed by atoms with Crippen LogP contribution in [0.4, 0.5) is 0 Å². The fraction of sp³-hybridized carbons (Fsp3) is 0.471. The van der Waals surface area contributed by atoms with Crippen molar-refractivity contribution in [2.75, 3.05) is 54.2 Å². The van der Waals surface area contributed by atoms with Crippen molar-refractivity contribution >= 4 is 17.9 Å². The Bertz CT molecular complexity index is 628. The molecule has 0 atom stereocenters. The number of carbonyl (C=O) groups is 3. The van der Waals surface area contributed by atoms with Gasteiger partial charge in [-0.25, -0.2) is 14.4 Å². The Labute approximate surface area is 155 Å². The Morgan fingerprint density at radius 2 is 1.33 bits per heavy atom. The zero-order valence-corrected chi connectivity index (χ0v) is 15.1. The molecule has 10 nitrogen and oxygen atoms in total. The summed E-state index contributed by atoms with van der Waals surface area (Å²) in [7, 11) is 2.99. The molecule has 1 aromatic carbocycles. The molecular formula is C17H22O10. The third kappa shape index (κ3) is 8.13. The second-order valence-corrected chi connectivity index (χ2v) is 4.97. The van der Waals surface area contributed by atoms with E-state index >= 15 is 0 Å². The van der Waals surface area contributed by atoms with Gasteiger partial charge in [0.2, 0.25) is 0 Å². The SMILES string of the molecule is COCCOCOC(=O)c1ccc(C(=O)O)cc1C(=O)OCOCCOC. The van der Waals surface area contributed by atoms with Crippen LogP contribution in [0.5, 0.6) is 0 Å². The Balaban J connectivity index is 2.79. The topological polar surface area (TPSA) is 127 Å². The van der Waals surface area contributed by atoms with Crippen LogP contribution in [-0.4, -0.2) is 77.2 Å². The van der Waals surface area contributed by atoms with Gasteiger partial charge in [0.15, 0.2) is 13.6 Å². The standard InChI is InChI=1S/C17H22O10/c1-22-5-7-24-10-26-16(20)13-4-3-12(15(18)19)9-14(13)17(21)27-11-25-8-6-23-2/h3-4,9H,5-8,10-11H2,1-2H3,(H,18,19). The molecule has 150 valence electrons. The lowest BCUT2D eigenvalue weighted by atomic mass is 10.0. The van der Waals surface area contributed by atoms with Crippen molar-refractivity contribution < 1.29 is 47.9 Å². The smallest absolute Gasteiger partial charge is 0.341 e. The molecule has 0 aliphatic rings. The highest BCUT2D eigenvalue weighted by Gasteiger charge is 2.22. The molecule has 0 radical (unpaired) electrons. The average molecular weight is 386 g/mol. The van der Waals surface area contributed by atoms with E-state index in [1.54, 1.807) is 0 Å². The second kappa shape index (κ2) is 12.8. The molecule has 1 aromatic rings. The first-order valence-electron chi connectivity index (χ1n) is 7.86. The molecule has 27 heavy (non-hydrogen) atoms. The highest BCUT2D eigenvalue weighted by atomic mass is 16.7. The fourth-order valence-corrected chi connectivity index (χ4v) is 1.77. The Hall–Kier alpha value is -2.53. The quantitative estimate of drug-likeness (QED) is 0.297. The summed E-state index contributed by atoms with van der Waals surface area (Å²) in [4.78, 5) is 35.5. The van der Waals surface area contributed by atoms with Gasteiger partial charge in [-0.3, -0.25) is 0 Å². The van der Waals surface area contributed by atoms with Crippen molar-refractivity contribution in [3.63, 3.8) is 0 Å². The molecule has 10 heteroatoms. The van der Waals surface area contributed by atoms with Crippen molar-refractivity contribution in [3.8, 4) is 0 Å². The molecule has 0 amide bonds. The maximum absolute atomic E-state index is 12.2. The van der Waals surface area contributed by atoms with Gasteiger partial charge in [0, 0.05) is 14.2 Å². The number of carboxylic acids is 1. The number of benzene rings is 1. The van der Waals surface area contributed by atoms with Gasteiger partial charge in [0.25, 0.3) is 0 Å². The number of methoxy groups -OCH3 is 2. The minimum atomic E-state index is -1.26. The normalized spacial score (nSPS) is 10.4. The van der Waals surface area contributed by atoms with E-state index in [9.17, 15) is 14.4 Å². The van der Waals surface area contributed by atoms with E-state index in [-0.39, 0.29) is 43.5 Å². The predicted molar refractivity (Wildman–Crippen MR) is 89.6 cm³/mol. The molecule has 0 heterocycles. The number of ether oxygens (including phenoxy) is 6. The zero-order chi connectivity index (χ0) is 20.1. The molecule has 0 saturated heterocycles. The van der Waals surface area contributed by atoms with Crippen LogP contribution in [0.3, 0.4) is 0 Å². The lowest BCUT2D eigenvalue weighted by Crippen LogP contribution is -2.18. The van der Waals surface area contributed by atoms with E-state index in [1.807, 2.05) is 0 Å². The van der Waals surface area contributed by atoms with Crippen molar-refractivity contribution in [2.45, 2.75) is 0 Å². The maximum atomic E-state index is 12.2. The Morgan fingerprint density at radius 1 is 0.815 bits per heavy atom. The first-order valence-corrected chi connectivity index (χ1v) is 7.86. The number of aromatic carboxylic acids is 1. The lowest BCUT2D eigenvalue weighted by Gasteiger charge is -2.11. The molecule has 0 aliphatic carbocycles. The van der Waals surface area contributed by atoms with Crippen LogP contribution in [0.15, 0.2) is 18.2 Å². The molecule has 0 saturated carbocycles. The summed E-state index contributed by atoms with van der Waals surface area (Å²) in [6, 6.07) is 3.38. The van der Waals surface area contributed by atoms with Crippen LogP contribution in [-0.2, 0) is 28.4 Å². The monoisotopic (exact) mass is 386 g/mol. The molecule has 0 bridgehead atoms. The van der Waals surface area contributed by atoms with Gasteiger partial charge in [-0.2, -0.15) is 0 Å². The van der Waals surface area contributed by atoms with Gasteiger partial charge in [-0.1, -0.05) is 0 Å². The number of hydrogen-bond acceptors (Lipinski definition) is 9. The van der Waals surface area contributed by atoms with E-state index in [0.717, 1.165) is 6.07 Å². The summed E-state index contributed by atoms with van der Waals surface area (Å²) in [6.07, 6.45) is 0. The van der Waals surface area contributed by atoms with E-state index in [4.69, 9.17) is 33.5 Å². The predicted octanol–water partition coefficient (Wildman–Crippen LogP) is 0.939. The molecule has 0 spiro atoms. The number of rotatable bonds is 13. The Kier molecular flexibility index (Phi) is 10.6. The molecule has 0 fully saturated rings. The highest BCUT2D eigenvalue weighted by molar-refractivity contribution is 6.05. The number of carboxylic acid groups (broad SMARTS) is 1. The molecule has 0 aliphatic heterocycles. The Morgan fingerprint density at radius 3 is 1.81 bits per heavy atom. The van der Waals surface area contributed by atoms with Crippen LogP contribution in [0, 0.1) is 0 Å². The van der Waals surface area contributed by atoms with Crippen LogP contribution >= 0.6 is 0 Å². The van der Waals surface area contributed by atoms with E-state index in [2.05, 4.69) is 0 Å². The summed E-state index contributed by atoms with van der Waals surface area (Å²) in [6.45, 7) is 0.325. The van der Waals surface area contributed by atoms with Crippen molar-refractivity contribution in [3.05, 3.63) is 34.9 Å². The van der Waals surface area contributed by atoms with Crippen molar-refractivity contribution in [1.82, 2.24) is 0 Å². The second-order valence-electron chi connectivity index (χ2n) is 4.97.